The van der Waals surface area contributed by atoms with Crippen molar-refractivity contribution in [3.05, 3.63) is 12.2 Å². The monoisotopic (exact) mass is 780 g/mol. The topological polar surface area (TPSA) is 110 Å². The molecule has 0 aliphatic rings. The second-order valence-electron chi connectivity index (χ2n) is 17.2. The third-order valence-electron chi connectivity index (χ3n) is 11.7. The van der Waals surface area contributed by atoms with Crippen molar-refractivity contribution < 1.29 is 25.2 Å². The zero-order valence-corrected chi connectivity index (χ0v) is 36.9. The lowest BCUT2D eigenvalue weighted by atomic mass is 9.99. The molecule has 0 saturated carbocycles. The lowest BCUT2D eigenvalue weighted by Gasteiger charge is -2.27. The Morgan fingerprint density at radius 1 is 0.436 bits per heavy atom. The number of carbonyl (C=O) groups excluding carboxylic acids is 1. The molecule has 1 amide bonds. The van der Waals surface area contributed by atoms with Crippen LogP contribution in [0.25, 0.3) is 0 Å². The van der Waals surface area contributed by atoms with Gasteiger partial charge < -0.3 is 25.7 Å². The molecule has 0 saturated heterocycles. The zero-order chi connectivity index (χ0) is 40.3. The smallest absolute Gasteiger partial charge is 0.249 e. The van der Waals surface area contributed by atoms with Gasteiger partial charge in [0.25, 0.3) is 0 Å². The van der Waals surface area contributed by atoms with Gasteiger partial charge in [0.2, 0.25) is 5.91 Å². The minimum Gasteiger partial charge on any atom is -0.394 e. The van der Waals surface area contributed by atoms with Gasteiger partial charge in [-0.3, -0.25) is 4.79 Å². The fourth-order valence-corrected chi connectivity index (χ4v) is 7.81. The molecule has 4 atom stereocenters. The Morgan fingerprint density at radius 2 is 0.727 bits per heavy atom. The first-order valence-corrected chi connectivity index (χ1v) is 24.6. The van der Waals surface area contributed by atoms with Gasteiger partial charge in [-0.05, 0) is 38.5 Å². The summed E-state index contributed by atoms with van der Waals surface area (Å²) in [6.45, 7) is 4.04. The Labute approximate surface area is 342 Å². The molecule has 55 heavy (non-hydrogen) atoms. The van der Waals surface area contributed by atoms with E-state index >= 15 is 0 Å². The Balaban J connectivity index is 3.60. The van der Waals surface area contributed by atoms with Gasteiger partial charge in [0.05, 0.1) is 18.8 Å². The van der Waals surface area contributed by atoms with E-state index in [2.05, 4.69) is 31.3 Å². The lowest BCUT2D eigenvalue weighted by Crippen LogP contribution is -2.53. The first-order chi connectivity index (χ1) is 27.0. The quantitative estimate of drug-likeness (QED) is 0.0312. The van der Waals surface area contributed by atoms with Gasteiger partial charge >= 0.3 is 0 Å². The van der Waals surface area contributed by atoms with Crippen LogP contribution in [0.5, 0.6) is 0 Å². The fourth-order valence-electron chi connectivity index (χ4n) is 7.81. The summed E-state index contributed by atoms with van der Waals surface area (Å²) < 4.78 is 0. The summed E-state index contributed by atoms with van der Waals surface area (Å²) in [5, 5.41) is 43.7. The van der Waals surface area contributed by atoms with Crippen LogP contribution in [0, 0.1) is 0 Å². The molecular weight excluding hydrogens is 683 g/mol. The molecule has 0 radical (unpaired) electrons. The van der Waals surface area contributed by atoms with E-state index in [4.69, 9.17) is 0 Å². The molecule has 0 aliphatic carbocycles. The highest BCUT2D eigenvalue weighted by molar-refractivity contribution is 5.80. The highest BCUT2D eigenvalue weighted by Gasteiger charge is 2.28. The van der Waals surface area contributed by atoms with Crippen LogP contribution in [-0.2, 0) is 4.79 Å². The van der Waals surface area contributed by atoms with Crippen molar-refractivity contribution in [2.75, 3.05) is 6.61 Å². The highest BCUT2D eigenvalue weighted by atomic mass is 16.3. The van der Waals surface area contributed by atoms with Crippen molar-refractivity contribution in [2.24, 2.45) is 0 Å². The molecule has 328 valence electrons. The maximum atomic E-state index is 12.5. The van der Waals surface area contributed by atoms with Crippen LogP contribution in [0.15, 0.2) is 12.2 Å². The van der Waals surface area contributed by atoms with Crippen LogP contribution in [0.3, 0.4) is 0 Å². The number of amides is 1. The van der Waals surface area contributed by atoms with Crippen molar-refractivity contribution in [1.29, 1.82) is 0 Å². The van der Waals surface area contributed by atoms with Crippen LogP contribution in [0.2, 0.25) is 0 Å². The van der Waals surface area contributed by atoms with Crippen LogP contribution in [-0.4, -0.2) is 57.3 Å². The summed E-state index contributed by atoms with van der Waals surface area (Å²) in [5.74, 6) is -0.598. The fraction of sp³-hybridized carbons (Fsp3) is 0.939. The highest BCUT2D eigenvalue weighted by Crippen LogP contribution is 2.17. The Hall–Kier alpha value is -0.950. The van der Waals surface area contributed by atoms with Crippen molar-refractivity contribution in [3.8, 4) is 0 Å². The molecular formula is C49H97NO5. The minimum absolute atomic E-state index is 0.341. The van der Waals surface area contributed by atoms with E-state index in [9.17, 15) is 25.2 Å². The van der Waals surface area contributed by atoms with E-state index in [1.807, 2.05) is 0 Å². The van der Waals surface area contributed by atoms with E-state index in [1.165, 1.54) is 193 Å². The summed E-state index contributed by atoms with van der Waals surface area (Å²) in [7, 11) is 0. The van der Waals surface area contributed by atoms with Gasteiger partial charge in [-0.2, -0.15) is 0 Å². The van der Waals surface area contributed by atoms with E-state index in [0.717, 1.165) is 44.9 Å². The number of carbonyl (C=O) groups is 1. The molecule has 0 aromatic rings. The van der Waals surface area contributed by atoms with Crippen molar-refractivity contribution in [2.45, 2.75) is 289 Å². The number of aliphatic hydroxyl groups excluding tert-OH is 4. The Kier molecular flexibility index (Phi) is 43.4. The normalized spacial score (nSPS) is 14.1. The third kappa shape index (κ3) is 38.3. The molecule has 0 heterocycles. The molecule has 6 heteroatoms. The molecule has 0 aliphatic heterocycles. The largest absolute Gasteiger partial charge is 0.394 e. The molecule has 5 N–H and O–H groups in total. The minimum atomic E-state index is -1.26. The van der Waals surface area contributed by atoms with Crippen LogP contribution in [0.4, 0.5) is 0 Å². The van der Waals surface area contributed by atoms with Gasteiger partial charge in [0.15, 0.2) is 0 Å². The maximum absolute atomic E-state index is 12.5. The SMILES string of the molecule is CCCCCCCC/C=C\CCCCC(O)C(=O)NC(CO)C(O)C(O)CCCCCCCCCCCCCCCCCCCCCCCCCCCCC. The summed E-state index contributed by atoms with van der Waals surface area (Å²) in [6.07, 6.45) is 49.9. The van der Waals surface area contributed by atoms with E-state index < -0.39 is 36.9 Å². The van der Waals surface area contributed by atoms with Gasteiger partial charge in [-0.15, -0.1) is 0 Å². The standard InChI is InChI=1S/C49H97NO5/c1-3-5-7-9-11-13-15-17-18-19-20-21-22-23-24-25-26-27-28-29-30-31-33-34-36-38-40-42-46(52)48(54)45(44-51)50-49(55)47(53)43-41-39-37-35-32-16-14-12-10-8-6-4-2/h32,35,45-48,51-54H,3-31,33-34,36-44H2,1-2H3,(H,50,55)/b35-32-. The van der Waals surface area contributed by atoms with Gasteiger partial charge in [0, 0.05) is 0 Å². The van der Waals surface area contributed by atoms with Crippen molar-refractivity contribution >= 4 is 5.91 Å². The summed E-state index contributed by atoms with van der Waals surface area (Å²) in [6, 6.07) is -0.990. The maximum Gasteiger partial charge on any atom is 0.249 e. The summed E-state index contributed by atoms with van der Waals surface area (Å²) in [5.41, 5.74) is 0. The van der Waals surface area contributed by atoms with Gasteiger partial charge in [-0.1, -0.05) is 238 Å². The van der Waals surface area contributed by atoms with Gasteiger partial charge in [-0.25, -0.2) is 0 Å². The molecule has 4 unspecified atom stereocenters. The van der Waals surface area contributed by atoms with E-state index in [-0.39, 0.29) is 0 Å². The number of allylic oxidation sites excluding steroid dienone is 2. The third-order valence-corrected chi connectivity index (χ3v) is 11.7. The average molecular weight is 780 g/mol. The van der Waals surface area contributed by atoms with Crippen molar-refractivity contribution in [3.63, 3.8) is 0 Å². The molecule has 0 aromatic carbocycles. The summed E-state index contributed by atoms with van der Waals surface area (Å²) >= 11 is 0. The number of rotatable bonds is 45. The number of nitrogens with one attached hydrogen (secondary N) is 1. The first-order valence-electron chi connectivity index (χ1n) is 24.6. The van der Waals surface area contributed by atoms with Crippen LogP contribution in [0.1, 0.15) is 264 Å². The van der Waals surface area contributed by atoms with E-state index in [0.29, 0.717) is 12.8 Å². The molecule has 0 aromatic heterocycles. The second-order valence-corrected chi connectivity index (χ2v) is 17.2. The predicted octanol–water partition coefficient (Wildman–Crippen LogP) is 13.4. The predicted molar refractivity (Wildman–Crippen MR) is 238 cm³/mol. The van der Waals surface area contributed by atoms with Crippen LogP contribution >= 0.6 is 0 Å². The number of hydrogen-bond donors (Lipinski definition) is 5. The number of unbranched alkanes of at least 4 members (excludes halogenated alkanes) is 34. The van der Waals surface area contributed by atoms with Crippen LogP contribution < -0.4 is 5.32 Å². The molecule has 0 bridgehead atoms. The molecule has 0 rings (SSSR count). The van der Waals surface area contributed by atoms with E-state index in [1.54, 1.807) is 0 Å². The zero-order valence-electron chi connectivity index (χ0n) is 36.9. The number of hydrogen-bond acceptors (Lipinski definition) is 5. The van der Waals surface area contributed by atoms with Gasteiger partial charge in [0.1, 0.15) is 12.2 Å². The molecule has 0 spiro atoms. The number of aliphatic hydroxyl groups is 4. The Bertz CT molecular complexity index is 791. The Morgan fingerprint density at radius 3 is 1.07 bits per heavy atom. The molecule has 0 fully saturated rings. The first kappa shape index (κ1) is 54.0. The second kappa shape index (κ2) is 44.2. The van der Waals surface area contributed by atoms with Crippen molar-refractivity contribution in [1.82, 2.24) is 5.32 Å². The summed E-state index contributed by atoms with van der Waals surface area (Å²) in [4.78, 5) is 12.5. The lowest BCUT2D eigenvalue weighted by molar-refractivity contribution is -0.132. The average Bonchev–Trinajstić information content (AvgIpc) is 3.19. The molecule has 6 nitrogen and oxygen atoms in total.